The maximum Gasteiger partial charge on any atom is 0.277 e. The fourth-order valence-electron chi connectivity index (χ4n) is 2.45. The molecule has 152 valence electrons. The summed E-state index contributed by atoms with van der Waals surface area (Å²) in [5.41, 5.74) is -1.00. The van der Waals surface area contributed by atoms with Crippen LogP contribution in [0, 0.1) is 5.82 Å². The highest BCUT2D eigenvalue weighted by molar-refractivity contribution is 9.10. The molecular formula is C13H15BrFN7O5S. The van der Waals surface area contributed by atoms with E-state index >= 15 is 0 Å². The SMILES string of the molecule is NS(=O)(=O)N1CC(O)(CNc2nonc2/C(=N/O)Nc2ccc(F)c(Br)c2)C1. The summed E-state index contributed by atoms with van der Waals surface area (Å²) in [5, 5.41) is 40.4. The molecule has 1 fully saturated rings. The van der Waals surface area contributed by atoms with Crippen LogP contribution in [0.25, 0.3) is 0 Å². The first-order chi connectivity index (χ1) is 13.1. The third kappa shape index (κ3) is 4.39. The Morgan fingerprint density at radius 1 is 1.46 bits per heavy atom. The summed E-state index contributed by atoms with van der Waals surface area (Å²) >= 11 is 3.04. The second kappa shape index (κ2) is 7.59. The van der Waals surface area contributed by atoms with Crippen molar-refractivity contribution >= 4 is 43.5 Å². The molecule has 0 bridgehead atoms. The fraction of sp³-hybridized carbons (Fsp3) is 0.308. The molecule has 1 aromatic carbocycles. The van der Waals surface area contributed by atoms with Gasteiger partial charge in [-0.25, -0.2) is 14.2 Å². The molecule has 0 spiro atoms. The number of nitrogens with one attached hydrogen (secondary N) is 2. The number of benzene rings is 1. The molecule has 6 N–H and O–H groups in total. The Bertz CT molecular complexity index is 1010. The van der Waals surface area contributed by atoms with Gasteiger partial charge in [0.25, 0.3) is 10.2 Å². The summed E-state index contributed by atoms with van der Waals surface area (Å²) in [7, 11) is -3.87. The number of oxime groups is 1. The molecule has 0 amide bonds. The van der Waals surface area contributed by atoms with E-state index < -0.39 is 21.6 Å². The summed E-state index contributed by atoms with van der Waals surface area (Å²) in [4.78, 5) is 0. The van der Waals surface area contributed by atoms with Crippen molar-refractivity contribution in [2.24, 2.45) is 10.3 Å². The van der Waals surface area contributed by atoms with Crippen LogP contribution in [0.3, 0.4) is 0 Å². The average molecular weight is 480 g/mol. The lowest BCUT2D eigenvalue weighted by Crippen LogP contribution is -2.67. The van der Waals surface area contributed by atoms with Gasteiger partial charge in [0.2, 0.25) is 11.7 Å². The Morgan fingerprint density at radius 3 is 2.79 bits per heavy atom. The predicted molar refractivity (Wildman–Crippen MR) is 98.5 cm³/mol. The van der Waals surface area contributed by atoms with E-state index in [0.717, 1.165) is 4.31 Å². The van der Waals surface area contributed by atoms with E-state index in [0.29, 0.717) is 5.69 Å². The number of aliphatic hydroxyl groups is 1. The van der Waals surface area contributed by atoms with Gasteiger partial charge in [-0.2, -0.15) is 12.7 Å². The summed E-state index contributed by atoms with van der Waals surface area (Å²) < 4.78 is 41.4. The van der Waals surface area contributed by atoms with Gasteiger partial charge in [-0.3, -0.25) is 0 Å². The highest BCUT2D eigenvalue weighted by Crippen LogP contribution is 2.24. The number of rotatable bonds is 6. The van der Waals surface area contributed by atoms with Crippen LogP contribution < -0.4 is 15.8 Å². The maximum absolute atomic E-state index is 13.3. The van der Waals surface area contributed by atoms with Gasteiger partial charge in [0.1, 0.15) is 11.4 Å². The van der Waals surface area contributed by atoms with E-state index in [9.17, 15) is 23.1 Å². The second-order valence-electron chi connectivity index (χ2n) is 6.05. The van der Waals surface area contributed by atoms with E-state index in [1.165, 1.54) is 18.2 Å². The normalized spacial score (nSPS) is 17.2. The van der Waals surface area contributed by atoms with Crippen molar-refractivity contribution in [2.75, 3.05) is 30.3 Å². The molecule has 1 aromatic heterocycles. The lowest BCUT2D eigenvalue weighted by molar-refractivity contribution is -0.0474. The molecule has 0 aliphatic carbocycles. The predicted octanol–water partition coefficient (Wildman–Crippen LogP) is -0.119. The zero-order chi connectivity index (χ0) is 20.5. The van der Waals surface area contributed by atoms with E-state index in [4.69, 9.17) is 5.14 Å². The standard InChI is InChI=1S/C13H15BrFN7O5S/c14-8-3-7(1-2-9(8)15)18-12(19-24)10-11(21-27-20-10)17-4-13(23)5-22(6-13)28(16,25)26/h1-3,23-24H,4-6H2,(H,17,21)(H,18,19)(H2,16,25,26). The van der Waals surface area contributed by atoms with Crippen LogP contribution in [-0.4, -0.2) is 64.4 Å². The summed E-state index contributed by atoms with van der Waals surface area (Å²) in [6.45, 7) is -0.481. The van der Waals surface area contributed by atoms with Gasteiger partial charge >= 0.3 is 0 Å². The number of hydrogen-bond donors (Lipinski definition) is 5. The van der Waals surface area contributed by atoms with Crippen LogP contribution in [0.4, 0.5) is 15.9 Å². The minimum atomic E-state index is -3.87. The van der Waals surface area contributed by atoms with Crippen molar-refractivity contribution in [1.82, 2.24) is 14.6 Å². The molecule has 28 heavy (non-hydrogen) atoms. The second-order valence-corrected chi connectivity index (χ2v) is 8.46. The molecule has 2 heterocycles. The molecule has 1 aliphatic rings. The molecule has 15 heteroatoms. The summed E-state index contributed by atoms with van der Waals surface area (Å²) in [6.07, 6.45) is 0. The zero-order valence-electron chi connectivity index (χ0n) is 14.0. The monoisotopic (exact) mass is 479 g/mol. The van der Waals surface area contributed by atoms with Gasteiger partial charge in [-0.15, -0.1) is 0 Å². The van der Waals surface area contributed by atoms with E-state index in [-0.39, 0.29) is 41.5 Å². The van der Waals surface area contributed by atoms with Crippen LogP contribution in [0.5, 0.6) is 0 Å². The third-order valence-electron chi connectivity index (χ3n) is 3.88. The molecule has 1 saturated heterocycles. The number of halogens is 2. The number of β-amino-alcohol motifs (C(OH)–C–C–N with tert-alkyl or cyclic N) is 1. The highest BCUT2D eigenvalue weighted by atomic mass is 79.9. The molecule has 12 nitrogen and oxygen atoms in total. The fourth-order valence-corrected chi connectivity index (χ4v) is 3.67. The van der Waals surface area contributed by atoms with Crippen molar-refractivity contribution in [3.63, 3.8) is 0 Å². The minimum absolute atomic E-state index is 0.0193. The molecule has 0 saturated carbocycles. The summed E-state index contributed by atoms with van der Waals surface area (Å²) in [5.74, 6) is -0.598. The molecule has 2 aromatic rings. The topological polar surface area (TPSA) is 179 Å². The van der Waals surface area contributed by atoms with Crippen LogP contribution in [-0.2, 0) is 10.2 Å². The third-order valence-corrected chi connectivity index (χ3v) is 5.47. The quantitative estimate of drug-likeness (QED) is 0.163. The number of amidine groups is 1. The van der Waals surface area contributed by atoms with Crippen molar-refractivity contribution in [3.8, 4) is 0 Å². The van der Waals surface area contributed by atoms with Crippen molar-refractivity contribution in [2.45, 2.75) is 5.60 Å². The van der Waals surface area contributed by atoms with Crippen molar-refractivity contribution in [1.29, 1.82) is 0 Å². The van der Waals surface area contributed by atoms with Gasteiger partial charge < -0.3 is 20.9 Å². The molecule has 0 atom stereocenters. The van der Waals surface area contributed by atoms with Crippen LogP contribution in [0.15, 0.2) is 32.5 Å². The lowest BCUT2D eigenvalue weighted by atomic mass is 9.97. The Balaban J connectivity index is 1.68. The number of aromatic nitrogens is 2. The first kappa shape index (κ1) is 20.4. The van der Waals surface area contributed by atoms with Gasteiger partial charge in [0.15, 0.2) is 5.69 Å². The van der Waals surface area contributed by atoms with E-state index in [2.05, 4.69) is 46.7 Å². The molecular weight excluding hydrogens is 465 g/mol. The number of anilines is 2. The van der Waals surface area contributed by atoms with Gasteiger partial charge in [0, 0.05) is 25.3 Å². The smallest absolute Gasteiger partial charge is 0.277 e. The number of nitrogens with two attached hydrogens (primary N) is 1. The largest absolute Gasteiger partial charge is 0.409 e. The molecule has 1 aliphatic heterocycles. The average Bonchev–Trinajstić information content (AvgIpc) is 3.06. The number of hydrogen-bond acceptors (Lipinski definition) is 9. The Kier molecular flexibility index (Phi) is 5.53. The number of nitrogens with zero attached hydrogens (tertiary/aromatic N) is 4. The van der Waals surface area contributed by atoms with Crippen LogP contribution in [0.1, 0.15) is 5.69 Å². The Morgan fingerprint density at radius 2 is 2.18 bits per heavy atom. The molecule has 3 rings (SSSR count). The Labute approximate surface area is 166 Å². The first-order valence-electron chi connectivity index (χ1n) is 7.62. The van der Waals surface area contributed by atoms with Gasteiger partial charge in [-0.1, -0.05) is 5.16 Å². The zero-order valence-corrected chi connectivity index (χ0v) is 16.4. The van der Waals surface area contributed by atoms with Gasteiger partial charge in [-0.05, 0) is 44.4 Å². The van der Waals surface area contributed by atoms with Gasteiger partial charge in [0.05, 0.1) is 4.47 Å². The van der Waals surface area contributed by atoms with Crippen LogP contribution in [0.2, 0.25) is 0 Å². The first-order valence-corrected chi connectivity index (χ1v) is 9.92. The lowest BCUT2D eigenvalue weighted by Gasteiger charge is -2.44. The molecule has 0 radical (unpaired) electrons. The Hall–Kier alpha value is -2.33. The maximum atomic E-state index is 13.3. The van der Waals surface area contributed by atoms with E-state index in [1.807, 2.05) is 0 Å². The highest BCUT2D eigenvalue weighted by Gasteiger charge is 2.46. The van der Waals surface area contributed by atoms with Crippen molar-refractivity contribution in [3.05, 3.63) is 34.2 Å². The van der Waals surface area contributed by atoms with E-state index in [1.54, 1.807) is 0 Å². The van der Waals surface area contributed by atoms with Crippen molar-refractivity contribution < 1.29 is 27.8 Å². The van der Waals surface area contributed by atoms with Crippen LogP contribution >= 0.6 is 15.9 Å². The molecule has 0 unspecified atom stereocenters. The minimum Gasteiger partial charge on any atom is -0.409 e. The summed E-state index contributed by atoms with van der Waals surface area (Å²) in [6, 6.07) is 4.02.